The molecule has 0 aliphatic carbocycles. The minimum atomic E-state index is -0.717. The zero-order chi connectivity index (χ0) is 11.7. The number of nitrogens with one attached hydrogen (secondary N) is 1. The van der Waals surface area contributed by atoms with Crippen LogP contribution in [0.25, 0.3) is 0 Å². The molecule has 0 saturated carbocycles. The third-order valence-electron chi connectivity index (χ3n) is 2.25. The molecule has 0 rings (SSSR count). The van der Waals surface area contributed by atoms with E-state index in [1.165, 1.54) is 0 Å². The van der Waals surface area contributed by atoms with Gasteiger partial charge in [0.25, 0.3) is 0 Å². The number of aliphatic hydroxyl groups is 1. The monoisotopic (exact) mass is 217 g/mol. The molecule has 0 aromatic rings. The number of aliphatic hydroxyl groups excluding tert-OH is 1. The van der Waals surface area contributed by atoms with Gasteiger partial charge in [-0.05, 0) is 39.7 Å². The predicted octanol–water partition coefficient (Wildman–Crippen LogP) is 1.38. The molecule has 0 heterocycles. The second kappa shape index (κ2) is 8.68. The molecule has 0 fully saturated rings. The second-order valence-electron chi connectivity index (χ2n) is 4.14. The highest BCUT2D eigenvalue weighted by Crippen LogP contribution is 2.00. The van der Waals surface area contributed by atoms with Gasteiger partial charge in [-0.25, -0.2) is 0 Å². The lowest BCUT2D eigenvalue weighted by atomic mass is 10.1. The van der Waals surface area contributed by atoms with Crippen LogP contribution in [0.1, 0.15) is 46.0 Å². The Morgan fingerprint density at radius 2 is 1.93 bits per heavy atom. The molecule has 0 spiro atoms. The summed E-state index contributed by atoms with van der Waals surface area (Å²) in [6.45, 7) is 4.72. The van der Waals surface area contributed by atoms with Crippen LogP contribution in [0.3, 0.4) is 0 Å². The number of carbonyl (C=O) groups is 1. The molecule has 0 aliphatic heterocycles. The van der Waals surface area contributed by atoms with Crippen LogP contribution in [0.4, 0.5) is 0 Å². The zero-order valence-electron chi connectivity index (χ0n) is 9.70. The van der Waals surface area contributed by atoms with Gasteiger partial charge in [-0.1, -0.05) is 6.42 Å². The fraction of sp³-hybridized carbons (Fsp3) is 0.909. The van der Waals surface area contributed by atoms with Crippen LogP contribution >= 0.6 is 0 Å². The van der Waals surface area contributed by atoms with Gasteiger partial charge in [0.05, 0.1) is 6.10 Å². The molecule has 0 saturated heterocycles. The Bertz CT molecular complexity index is 171. The van der Waals surface area contributed by atoms with Crippen molar-refractivity contribution < 1.29 is 15.0 Å². The fourth-order valence-corrected chi connectivity index (χ4v) is 1.52. The fourth-order valence-electron chi connectivity index (χ4n) is 1.52. The summed E-state index contributed by atoms with van der Waals surface area (Å²) in [4.78, 5) is 10.2. The lowest BCUT2D eigenvalue weighted by Crippen LogP contribution is -2.29. The minimum absolute atomic E-state index is 0.264. The number of hydrogen-bond donors (Lipinski definition) is 3. The van der Waals surface area contributed by atoms with E-state index >= 15 is 0 Å². The Kier molecular flexibility index (Phi) is 8.33. The highest BCUT2D eigenvalue weighted by Gasteiger charge is 2.04. The quantitative estimate of drug-likeness (QED) is 0.510. The van der Waals surface area contributed by atoms with E-state index in [2.05, 4.69) is 5.32 Å². The van der Waals surface area contributed by atoms with Crippen molar-refractivity contribution in [2.75, 3.05) is 6.54 Å². The summed E-state index contributed by atoms with van der Waals surface area (Å²) in [5.74, 6) is -0.717. The molecule has 0 bridgehead atoms. The molecule has 0 aromatic heterocycles. The number of aliphatic carboxylic acids is 1. The average Bonchev–Trinajstić information content (AvgIpc) is 2.09. The van der Waals surface area contributed by atoms with Crippen LogP contribution in [0.5, 0.6) is 0 Å². The van der Waals surface area contributed by atoms with Crippen LogP contribution in [0, 0.1) is 0 Å². The van der Waals surface area contributed by atoms with Crippen molar-refractivity contribution in [1.82, 2.24) is 5.32 Å². The topological polar surface area (TPSA) is 69.6 Å². The van der Waals surface area contributed by atoms with Crippen molar-refractivity contribution in [3.63, 3.8) is 0 Å². The van der Waals surface area contributed by atoms with Gasteiger partial charge in [0.2, 0.25) is 0 Å². The number of rotatable bonds is 9. The summed E-state index contributed by atoms with van der Waals surface area (Å²) >= 11 is 0. The van der Waals surface area contributed by atoms with Crippen LogP contribution in [-0.4, -0.2) is 34.9 Å². The molecule has 4 heteroatoms. The molecule has 90 valence electrons. The van der Waals surface area contributed by atoms with Crippen molar-refractivity contribution in [2.24, 2.45) is 0 Å². The first-order valence-electron chi connectivity index (χ1n) is 5.65. The van der Waals surface area contributed by atoms with E-state index in [0.29, 0.717) is 6.04 Å². The molecular formula is C11H23NO3. The number of carboxylic acid groups (broad SMARTS) is 1. The Balaban J connectivity index is 3.20. The maximum Gasteiger partial charge on any atom is 0.303 e. The number of carboxylic acids is 1. The largest absolute Gasteiger partial charge is 0.481 e. The minimum Gasteiger partial charge on any atom is -0.481 e. The highest BCUT2D eigenvalue weighted by atomic mass is 16.4. The van der Waals surface area contributed by atoms with Crippen molar-refractivity contribution in [1.29, 1.82) is 0 Å². The molecule has 0 aliphatic rings. The molecule has 4 nitrogen and oxygen atoms in total. The Hall–Kier alpha value is -0.610. The van der Waals surface area contributed by atoms with E-state index in [-0.39, 0.29) is 12.5 Å². The number of unbranched alkanes of at least 4 members (excludes halogenated alkanes) is 2. The summed E-state index contributed by atoms with van der Waals surface area (Å²) in [5, 5.41) is 20.8. The molecular weight excluding hydrogens is 194 g/mol. The van der Waals surface area contributed by atoms with Crippen molar-refractivity contribution in [3.05, 3.63) is 0 Å². The smallest absolute Gasteiger partial charge is 0.303 e. The van der Waals surface area contributed by atoms with Crippen LogP contribution < -0.4 is 5.32 Å². The molecule has 3 N–H and O–H groups in total. The maximum atomic E-state index is 10.2. The lowest BCUT2D eigenvalue weighted by Gasteiger charge is -2.14. The van der Waals surface area contributed by atoms with Gasteiger partial charge in [-0.2, -0.15) is 0 Å². The lowest BCUT2D eigenvalue weighted by molar-refractivity contribution is -0.137. The summed E-state index contributed by atoms with van der Waals surface area (Å²) in [7, 11) is 0. The Morgan fingerprint density at radius 3 is 2.47 bits per heavy atom. The van der Waals surface area contributed by atoms with Crippen molar-refractivity contribution in [3.8, 4) is 0 Å². The molecule has 0 aromatic carbocycles. The summed E-state index contributed by atoms with van der Waals surface area (Å²) < 4.78 is 0. The van der Waals surface area contributed by atoms with Crippen LogP contribution in [0.15, 0.2) is 0 Å². The van der Waals surface area contributed by atoms with Gasteiger partial charge in [0.15, 0.2) is 0 Å². The molecule has 0 amide bonds. The third kappa shape index (κ3) is 11.3. The predicted molar refractivity (Wildman–Crippen MR) is 59.9 cm³/mol. The molecule has 0 radical (unpaired) electrons. The van der Waals surface area contributed by atoms with Gasteiger partial charge in [0, 0.05) is 12.5 Å². The van der Waals surface area contributed by atoms with Crippen LogP contribution in [-0.2, 0) is 4.79 Å². The van der Waals surface area contributed by atoms with Gasteiger partial charge in [-0.15, -0.1) is 0 Å². The van der Waals surface area contributed by atoms with E-state index in [9.17, 15) is 4.79 Å². The zero-order valence-corrected chi connectivity index (χ0v) is 9.70. The average molecular weight is 217 g/mol. The summed E-state index contributed by atoms with van der Waals surface area (Å²) in [5.41, 5.74) is 0. The first-order chi connectivity index (χ1) is 7.02. The first kappa shape index (κ1) is 14.4. The normalized spacial score (nSPS) is 14.9. The molecule has 2 unspecified atom stereocenters. The van der Waals surface area contributed by atoms with E-state index in [1.807, 2.05) is 6.92 Å². The van der Waals surface area contributed by atoms with E-state index in [1.54, 1.807) is 6.92 Å². The highest BCUT2D eigenvalue weighted by molar-refractivity contribution is 5.66. The van der Waals surface area contributed by atoms with Crippen LogP contribution in [0.2, 0.25) is 0 Å². The maximum absolute atomic E-state index is 10.2. The summed E-state index contributed by atoms with van der Waals surface area (Å²) in [6, 6.07) is 0.324. The SMILES string of the molecule is CC(O)CC(C)NCCCCCC(=O)O. The Morgan fingerprint density at radius 1 is 1.27 bits per heavy atom. The molecule has 2 atom stereocenters. The van der Waals surface area contributed by atoms with E-state index in [4.69, 9.17) is 10.2 Å². The summed E-state index contributed by atoms with van der Waals surface area (Å²) in [6.07, 6.45) is 3.46. The van der Waals surface area contributed by atoms with E-state index < -0.39 is 5.97 Å². The van der Waals surface area contributed by atoms with Gasteiger partial charge >= 0.3 is 5.97 Å². The van der Waals surface area contributed by atoms with Gasteiger partial charge < -0.3 is 15.5 Å². The number of hydrogen-bond acceptors (Lipinski definition) is 3. The standard InChI is InChI=1S/C11H23NO3/c1-9(8-10(2)13)12-7-5-3-4-6-11(14)15/h9-10,12-13H,3-8H2,1-2H3,(H,14,15). The van der Waals surface area contributed by atoms with Crippen molar-refractivity contribution in [2.45, 2.75) is 58.1 Å². The van der Waals surface area contributed by atoms with Crippen molar-refractivity contribution >= 4 is 5.97 Å². The first-order valence-corrected chi connectivity index (χ1v) is 5.65. The van der Waals surface area contributed by atoms with Gasteiger partial charge in [0.1, 0.15) is 0 Å². The second-order valence-corrected chi connectivity index (χ2v) is 4.14. The molecule has 15 heavy (non-hydrogen) atoms. The van der Waals surface area contributed by atoms with Gasteiger partial charge in [-0.3, -0.25) is 4.79 Å². The Labute approximate surface area is 91.7 Å². The third-order valence-corrected chi connectivity index (χ3v) is 2.25. The van der Waals surface area contributed by atoms with E-state index in [0.717, 1.165) is 32.2 Å².